The summed E-state index contributed by atoms with van der Waals surface area (Å²) in [6, 6.07) is 18.0. The van der Waals surface area contributed by atoms with Gasteiger partial charge in [-0.15, -0.1) is 0 Å². The molecule has 1 N–H and O–H groups in total. The molecule has 2 aromatic carbocycles. The van der Waals surface area contributed by atoms with Crippen LogP contribution < -0.4 is 0 Å². The van der Waals surface area contributed by atoms with Gasteiger partial charge in [0, 0.05) is 18.7 Å². The number of rotatable bonds is 5. The van der Waals surface area contributed by atoms with Crippen molar-refractivity contribution in [1.82, 2.24) is 4.90 Å². The van der Waals surface area contributed by atoms with E-state index >= 15 is 0 Å². The van der Waals surface area contributed by atoms with Gasteiger partial charge in [-0.05, 0) is 54.1 Å². The summed E-state index contributed by atoms with van der Waals surface area (Å²) in [5, 5.41) is 9.97. The van der Waals surface area contributed by atoms with Crippen LogP contribution in [0.25, 0.3) is 17.4 Å². The van der Waals surface area contributed by atoms with E-state index in [1.807, 2.05) is 24.3 Å². The highest BCUT2D eigenvalue weighted by Crippen LogP contribution is 2.34. The second kappa shape index (κ2) is 8.65. The van der Waals surface area contributed by atoms with Gasteiger partial charge in [-0.25, -0.2) is 9.79 Å². The molecule has 0 unspecified atom stereocenters. The van der Waals surface area contributed by atoms with Crippen LogP contribution in [-0.4, -0.2) is 34.1 Å². The predicted octanol–water partition coefficient (Wildman–Crippen LogP) is 5.44. The lowest BCUT2D eigenvalue weighted by Gasteiger charge is -2.07. The molecule has 3 aromatic rings. The molecule has 1 aliphatic rings. The van der Waals surface area contributed by atoms with Gasteiger partial charge in [0.1, 0.15) is 11.5 Å². The summed E-state index contributed by atoms with van der Waals surface area (Å²) in [7, 11) is 1.69. The Bertz CT molecular complexity index is 1210. The summed E-state index contributed by atoms with van der Waals surface area (Å²) in [5.74, 6) is -0.299. The number of likely N-dealkylation sites (N-methyl/N-ethyl adjacent to an activating group) is 1. The number of amides is 1. The number of aliphatic imine (C=N–C) groups is 1. The first-order chi connectivity index (χ1) is 15.0. The molecule has 0 saturated carbocycles. The lowest BCUT2D eigenvalue weighted by atomic mass is 10.1. The average molecular weight is 433 g/mol. The number of aryl methyl sites for hydroxylation is 1. The first-order valence-electron chi connectivity index (χ1n) is 9.74. The number of hydrogen-bond donors (Lipinski definition) is 1. The molecule has 31 heavy (non-hydrogen) atoms. The van der Waals surface area contributed by atoms with Crippen molar-refractivity contribution < 1.29 is 19.1 Å². The van der Waals surface area contributed by atoms with Crippen molar-refractivity contribution in [2.24, 2.45) is 4.99 Å². The Labute approximate surface area is 183 Å². The van der Waals surface area contributed by atoms with E-state index in [-0.39, 0.29) is 11.5 Å². The van der Waals surface area contributed by atoms with Gasteiger partial charge in [0.05, 0.1) is 16.2 Å². The second-order valence-corrected chi connectivity index (χ2v) is 7.95. The van der Waals surface area contributed by atoms with Gasteiger partial charge in [-0.3, -0.25) is 9.69 Å². The molecule has 0 atom stereocenters. The number of carboxylic acid groups (broad SMARTS) is 1. The quantitative estimate of drug-likeness (QED) is 0.543. The molecule has 0 aliphatic carbocycles. The number of nitrogens with zero attached hydrogens (tertiary/aromatic N) is 2. The van der Waals surface area contributed by atoms with Crippen molar-refractivity contribution in [3.8, 4) is 11.3 Å². The highest BCUT2D eigenvalue weighted by molar-refractivity contribution is 8.18. The summed E-state index contributed by atoms with van der Waals surface area (Å²) in [6.07, 6.45) is 2.61. The maximum absolute atomic E-state index is 12.7. The highest BCUT2D eigenvalue weighted by atomic mass is 32.2. The highest BCUT2D eigenvalue weighted by Gasteiger charge is 2.30. The molecule has 156 valence electrons. The Hall–Kier alpha value is -3.58. The zero-order valence-electron chi connectivity index (χ0n) is 17.0. The third kappa shape index (κ3) is 4.32. The van der Waals surface area contributed by atoms with Crippen LogP contribution in [0.5, 0.6) is 0 Å². The molecule has 1 aromatic heterocycles. The molecule has 1 fully saturated rings. The molecule has 0 bridgehead atoms. The van der Waals surface area contributed by atoms with Crippen LogP contribution in [0.2, 0.25) is 0 Å². The van der Waals surface area contributed by atoms with E-state index in [0.29, 0.717) is 27.2 Å². The molecular weight excluding hydrogens is 412 g/mol. The van der Waals surface area contributed by atoms with Crippen LogP contribution in [0, 0.1) is 0 Å². The summed E-state index contributed by atoms with van der Waals surface area (Å²) in [6.45, 7) is 2.09. The molecule has 1 saturated heterocycles. The number of thioether (sulfide) groups is 1. The van der Waals surface area contributed by atoms with Crippen LogP contribution in [-0.2, 0) is 11.2 Å². The van der Waals surface area contributed by atoms with E-state index in [1.165, 1.54) is 28.3 Å². The molecule has 7 heteroatoms. The minimum absolute atomic E-state index is 0.158. The normalized spacial score (nSPS) is 16.5. The number of carbonyl (C=O) groups excluding carboxylic acids is 1. The second-order valence-electron chi connectivity index (χ2n) is 6.94. The Morgan fingerprint density at radius 3 is 2.58 bits per heavy atom. The smallest absolute Gasteiger partial charge is 0.336 e. The molecule has 2 heterocycles. The zero-order chi connectivity index (χ0) is 22.0. The molecule has 1 aliphatic heterocycles. The maximum atomic E-state index is 12.7. The molecule has 4 rings (SSSR count). The number of amidine groups is 1. The average Bonchev–Trinajstić information content (AvgIpc) is 3.35. The standard InChI is InChI=1S/C24H20N2O4S/c1-3-15-8-10-16(11-9-15)25-24-26(2)22(27)21(31-24)14-17-12-13-20(30-17)18-6-4-5-7-19(18)23(28)29/h4-14H,3H2,1-2H3,(H,28,29)/b21-14+,25-24?. The van der Waals surface area contributed by atoms with Crippen LogP contribution in [0.1, 0.15) is 28.6 Å². The van der Waals surface area contributed by atoms with Crippen LogP contribution in [0.15, 0.2) is 75.0 Å². The molecular formula is C24H20N2O4S. The number of benzene rings is 2. The number of hydrogen-bond acceptors (Lipinski definition) is 5. The van der Waals surface area contributed by atoms with Gasteiger partial charge in [-0.1, -0.05) is 37.3 Å². The Kier molecular flexibility index (Phi) is 5.77. The van der Waals surface area contributed by atoms with Crippen molar-refractivity contribution in [2.45, 2.75) is 13.3 Å². The third-order valence-corrected chi connectivity index (χ3v) is 5.96. The predicted molar refractivity (Wildman–Crippen MR) is 122 cm³/mol. The van der Waals surface area contributed by atoms with Gasteiger partial charge >= 0.3 is 5.97 Å². The van der Waals surface area contributed by atoms with Crippen LogP contribution >= 0.6 is 11.8 Å². The molecule has 1 amide bonds. The third-order valence-electron chi connectivity index (χ3n) is 4.90. The number of carboxylic acids is 1. The Morgan fingerprint density at radius 1 is 1.13 bits per heavy atom. The van der Waals surface area contributed by atoms with Gasteiger partial charge < -0.3 is 9.52 Å². The number of carbonyl (C=O) groups is 2. The van der Waals surface area contributed by atoms with Gasteiger partial charge in [0.15, 0.2) is 5.17 Å². The first kappa shape index (κ1) is 20.7. The van der Waals surface area contributed by atoms with Gasteiger partial charge in [0.2, 0.25) is 0 Å². The van der Waals surface area contributed by atoms with E-state index in [2.05, 4.69) is 11.9 Å². The molecule has 6 nitrogen and oxygen atoms in total. The fourth-order valence-corrected chi connectivity index (χ4v) is 4.12. The van der Waals surface area contributed by atoms with Crippen LogP contribution in [0.4, 0.5) is 5.69 Å². The topological polar surface area (TPSA) is 83.1 Å². The van der Waals surface area contributed by atoms with Gasteiger partial charge in [0.25, 0.3) is 5.91 Å². The Morgan fingerprint density at radius 2 is 1.87 bits per heavy atom. The van der Waals surface area contributed by atoms with E-state index < -0.39 is 5.97 Å². The number of furan rings is 1. The van der Waals surface area contributed by atoms with E-state index in [1.54, 1.807) is 43.5 Å². The fourth-order valence-electron chi connectivity index (χ4n) is 3.16. The fraction of sp³-hybridized carbons (Fsp3) is 0.125. The van der Waals surface area contributed by atoms with E-state index in [4.69, 9.17) is 4.42 Å². The van der Waals surface area contributed by atoms with Crippen LogP contribution in [0.3, 0.4) is 0 Å². The van der Waals surface area contributed by atoms with Crippen molar-refractivity contribution in [2.75, 3.05) is 7.05 Å². The molecule has 0 spiro atoms. The van der Waals surface area contributed by atoms with Crippen molar-refractivity contribution in [3.63, 3.8) is 0 Å². The van der Waals surface area contributed by atoms with Crippen molar-refractivity contribution in [3.05, 3.63) is 82.5 Å². The monoisotopic (exact) mass is 432 g/mol. The number of aromatic carboxylic acids is 1. The SMILES string of the molecule is CCc1ccc(N=C2S/C(=C/c3ccc(-c4ccccc4C(=O)O)o3)C(=O)N2C)cc1. The summed E-state index contributed by atoms with van der Waals surface area (Å²) in [4.78, 5) is 30.7. The van der Waals surface area contributed by atoms with E-state index in [0.717, 1.165) is 12.1 Å². The first-order valence-corrected chi connectivity index (χ1v) is 10.6. The minimum atomic E-state index is -1.03. The lowest BCUT2D eigenvalue weighted by molar-refractivity contribution is -0.121. The largest absolute Gasteiger partial charge is 0.478 e. The summed E-state index contributed by atoms with van der Waals surface area (Å²) < 4.78 is 5.82. The summed E-state index contributed by atoms with van der Waals surface area (Å²) in [5.41, 5.74) is 2.66. The summed E-state index contributed by atoms with van der Waals surface area (Å²) >= 11 is 1.27. The van der Waals surface area contributed by atoms with Crippen molar-refractivity contribution in [1.29, 1.82) is 0 Å². The molecule has 0 radical (unpaired) electrons. The minimum Gasteiger partial charge on any atom is -0.478 e. The van der Waals surface area contributed by atoms with E-state index in [9.17, 15) is 14.7 Å². The van der Waals surface area contributed by atoms with Crippen molar-refractivity contribution >= 4 is 40.6 Å². The zero-order valence-corrected chi connectivity index (χ0v) is 17.8. The maximum Gasteiger partial charge on any atom is 0.336 e. The lowest BCUT2D eigenvalue weighted by Crippen LogP contribution is -2.23. The van der Waals surface area contributed by atoms with Gasteiger partial charge in [-0.2, -0.15) is 0 Å². The Balaban J connectivity index is 1.59.